The van der Waals surface area contributed by atoms with E-state index in [4.69, 9.17) is 30.3 Å². The van der Waals surface area contributed by atoms with E-state index in [-0.39, 0.29) is 0 Å². The minimum absolute atomic E-state index is 0.524. The maximum absolute atomic E-state index is 6.06. The van der Waals surface area contributed by atoms with Crippen LogP contribution in [0.4, 0.5) is 0 Å². The zero-order chi connectivity index (χ0) is 15.7. The van der Waals surface area contributed by atoms with Crippen molar-refractivity contribution < 1.29 is 18.7 Å². The minimum Gasteiger partial charge on any atom is -0.493 e. The molecule has 3 rings (SSSR count). The predicted octanol–water partition coefficient (Wildman–Crippen LogP) is 4.17. The molecule has 0 fully saturated rings. The van der Waals surface area contributed by atoms with Crippen molar-refractivity contribution in [2.45, 2.75) is 0 Å². The molecule has 0 amide bonds. The van der Waals surface area contributed by atoms with E-state index in [1.165, 1.54) is 0 Å². The number of fused-ring (bicyclic) bond motifs is 1. The molecule has 0 aliphatic heterocycles. The molecule has 22 heavy (non-hydrogen) atoms. The fraction of sp³-hybridized carbons (Fsp3) is 0.188. The summed E-state index contributed by atoms with van der Waals surface area (Å²) in [6.07, 6.45) is 0. The number of benzene rings is 2. The van der Waals surface area contributed by atoms with Crippen molar-refractivity contribution in [2.75, 3.05) is 21.3 Å². The van der Waals surface area contributed by atoms with Gasteiger partial charge in [-0.1, -0.05) is 16.8 Å². The van der Waals surface area contributed by atoms with E-state index < -0.39 is 0 Å². The van der Waals surface area contributed by atoms with Gasteiger partial charge in [0.15, 0.2) is 17.3 Å². The van der Waals surface area contributed by atoms with Gasteiger partial charge in [0.2, 0.25) is 5.75 Å². The molecule has 0 radical (unpaired) electrons. The summed E-state index contributed by atoms with van der Waals surface area (Å²) >= 11 is 6.06. The Labute approximate surface area is 132 Å². The molecule has 0 bridgehead atoms. The highest BCUT2D eigenvalue weighted by molar-refractivity contribution is 6.31. The molecule has 0 saturated carbocycles. The second-order valence-corrected chi connectivity index (χ2v) is 5.02. The number of ether oxygens (including phenoxy) is 3. The molecule has 6 heteroatoms. The van der Waals surface area contributed by atoms with E-state index in [1.54, 1.807) is 27.4 Å². The lowest BCUT2D eigenvalue weighted by molar-refractivity contribution is 0.324. The SMILES string of the molecule is COc1cc(-c2onc3ccc(Cl)cc23)cc(OC)c1OC. The van der Waals surface area contributed by atoms with Gasteiger partial charge in [-0.3, -0.25) is 0 Å². The first-order valence-corrected chi connectivity index (χ1v) is 6.91. The Morgan fingerprint density at radius 3 is 2.23 bits per heavy atom. The van der Waals surface area contributed by atoms with Crippen LogP contribution in [0.3, 0.4) is 0 Å². The van der Waals surface area contributed by atoms with Crippen LogP contribution in [0.1, 0.15) is 0 Å². The number of methoxy groups -OCH3 is 3. The smallest absolute Gasteiger partial charge is 0.203 e. The van der Waals surface area contributed by atoms with Crippen LogP contribution in [0.5, 0.6) is 17.2 Å². The van der Waals surface area contributed by atoms with Gasteiger partial charge in [-0.25, -0.2) is 0 Å². The summed E-state index contributed by atoms with van der Waals surface area (Å²) in [6, 6.07) is 9.00. The second-order valence-electron chi connectivity index (χ2n) is 4.59. The third-order valence-electron chi connectivity index (χ3n) is 3.37. The molecule has 0 unspecified atom stereocenters. The summed E-state index contributed by atoms with van der Waals surface area (Å²) in [6.45, 7) is 0. The van der Waals surface area contributed by atoms with Gasteiger partial charge in [-0.2, -0.15) is 0 Å². The van der Waals surface area contributed by atoms with Crippen molar-refractivity contribution in [3.8, 4) is 28.6 Å². The summed E-state index contributed by atoms with van der Waals surface area (Å²) < 4.78 is 21.5. The molecular weight excluding hydrogens is 306 g/mol. The maximum Gasteiger partial charge on any atom is 0.203 e. The van der Waals surface area contributed by atoms with Gasteiger partial charge < -0.3 is 18.7 Å². The third-order valence-corrected chi connectivity index (χ3v) is 3.60. The van der Waals surface area contributed by atoms with E-state index in [9.17, 15) is 0 Å². The van der Waals surface area contributed by atoms with E-state index in [1.807, 2.05) is 24.3 Å². The largest absolute Gasteiger partial charge is 0.493 e. The fourth-order valence-electron chi connectivity index (χ4n) is 2.33. The van der Waals surface area contributed by atoms with Crippen molar-refractivity contribution in [1.29, 1.82) is 0 Å². The lowest BCUT2D eigenvalue weighted by Gasteiger charge is -2.13. The lowest BCUT2D eigenvalue weighted by Crippen LogP contribution is -1.95. The zero-order valence-corrected chi connectivity index (χ0v) is 13.1. The number of rotatable bonds is 4. The van der Waals surface area contributed by atoms with E-state index in [0.29, 0.717) is 28.0 Å². The Hall–Kier alpha value is -2.40. The molecule has 0 saturated heterocycles. The van der Waals surface area contributed by atoms with Crippen LogP contribution >= 0.6 is 11.6 Å². The quantitative estimate of drug-likeness (QED) is 0.722. The summed E-state index contributed by atoms with van der Waals surface area (Å²) in [4.78, 5) is 0. The van der Waals surface area contributed by atoms with E-state index in [0.717, 1.165) is 16.5 Å². The van der Waals surface area contributed by atoms with Gasteiger partial charge >= 0.3 is 0 Å². The van der Waals surface area contributed by atoms with Crippen LogP contribution in [0.2, 0.25) is 5.02 Å². The summed E-state index contributed by atoms with van der Waals surface area (Å²) in [7, 11) is 4.69. The van der Waals surface area contributed by atoms with Gasteiger partial charge in [0.25, 0.3) is 0 Å². The highest BCUT2D eigenvalue weighted by Gasteiger charge is 2.18. The van der Waals surface area contributed by atoms with Gasteiger partial charge in [0.05, 0.1) is 26.7 Å². The standard InChI is InChI=1S/C16H14ClNO4/c1-19-13-6-9(7-14(20-2)16(13)21-3)15-11-8-10(17)4-5-12(11)18-22-15/h4-8H,1-3H3. The Morgan fingerprint density at radius 1 is 0.955 bits per heavy atom. The maximum atomic E-state index is 6.06. The zero-order valence-electron chi connectivity index (χ0n) is 12.3. The van der Waals surface area contributed by atoms with Crippen molar-refractivity contribution in [3.63, 3.8) is 0 Å². The molecule has 3 aromatic rings. The molecule has 0 aliphatic carbocycles. The Morgan fingerprint density at radius 2 is 1.64 bits per heavy atom. The average Bonchev–Trinajstić information content (AvgIpc) is 2.96. The number of nitrogens with zero attached hydrogens (tertiary/aromatic N) is 1. The highest BCUT2D eigenvalue weighted by atomic mass is 35.5. The molecule has 114 valence electrons. The molecule has 0 N–H and O–H groups in total. The second kappa shape index (κ2) is 5.77. The normalized spacial score (nSPS) is 10.7. The van der Waals surface area contributed by atoms with Crippen LogP contribution < -0.4 is 14.2 Å². The summed E-state index contributed by atoms with van der Waals surface area (Å²) in [5.74, 6) is 2.21. The monoisotopic (exact) mass is 319 g/mol. The van der Waals surface area contributed by atoms with Crippen LogP contribution in [-0.4, -0.2) is 26.5 Å². The van der Waals surface area contributed by atoms with Crippen molar-refractivity contribution in [3.05, 3.63) is 35.4 Å². The Kier molecular flexibility index (Phi) is 3.81. The molecule has 0 aliphatic rings. The fourth-order valence-corrected chi connectivity index (χ4v) is 2.51. The van der Waals surface area contributed by atoms with Crippen molar-refractivity contribution in [2.24, 2.45) is 0 Å². The number of aromatic nitrogens is 1. The van der Waals surface area contributed by atoms with E-state index in [2.05, 4.69) is 5.16 Å². The Bertz CT molecular complexity index is 803. The summed E-state index contributed by atoms with van der Waals surface area (Å²) in [5.41, 5.74) is 1.49. The number of hydrogen-bond acceptors (Lipinski definition) is 5. The molecular formula is C16H14ClNO4. The molecule has 2 aromatic carbocycles. The molecule has 0 atom stereocenters. The van der Waals surface area contributed by atoms with Crippen LogP contribution in [0, 0.1) is 0 Å². The van der Waals surface area contributed by atoms with Crippen molar-refractivity contribution >= 4 is 22.5 Å². The van der Waals surface area contributed by atoms with Crippen LogP contribution in [-0.2, 0) is 0 Å². The first kappa shape index (κ1) is 14.5. The minimum atomic E-state index is 0.524. The molecule has 5 nitrogen and oxygen atoms in total. The third kappa shape index (κ3) is 2.33. The van der Waals surface area contributed by atoms with Crippen LogP contribution in [0.15, 0.2) is 34.9 Å². The lowest BCUT2D eigenvalue weighted by atomic mass is 10.1. The number of halogens is 1. The van der Waals surface area contributed by atoms with Crippen LogP contribution in [0.25, 0.3) is 22.2 Å². The molecule has 1 aromatic heterocycles. The van der Waals surface area contributed by atoms with Gasteiger partial charge in [-0.05, 0) is 30.3 Å². The highest BCUT2D eigenvalue weighted by Crippen LogP contribution is 2.42. The van der Waals surface area contributed by atoms with Crippen molar-refractivity contribution in [1.82, 2.24) is 5.16 Å². The Balaban J connectivity index is 2.24. The van der Waals surface area contributed by atoms with Gasteiger partial charge in [-0.15, -0.1) is 0 Å². The number of hydrogen-bond donors (Lipinski definition) is 0. The molecule has 1 heterocycles. The molecule has 0 spiro atoms. The van der Waals surface area contributed by atoms with E-state index >= 15 is 0 Å². The first-order valence-electron chi connectivity index (χ1n) is 6.53. The topological polar surface area (TPSA) is 53.7 Å². The average molecular weight is 320 g/mol. The predicted molar refractivity (Wildman–Crippen MR) is 84.1 cm³/mol. The van der Waals surface area contributed by atoms with Gasteiger partial charge in [0, 0.05) is 10.6 Å². The summed E-state index contributed by atoms with van der Waals surface area (Å²) in [5, 5.41) is 5.48. The van der Waals surface area contributed by atoms with Gasteiger partial charge in [0.1, 0.15) is 5.52 Å². The first-order chi connectivity index (χ1) is 10.7.